The van der Waals surface area contributed by atoms with Crippen molar-refractivity contribution in [3.05, 3.63) is 33.9 Å². The number of aryl methyl sites for hydroxylation is 1. The number of thiophene rings is 1. The number of nitrogens with one attached hydrogen (secondary N) is 1. The van der Waals surface area contributed by atoms with Crippen molar-refractivity contribution in [3.63, 3.8) is 0 Å². The van der Waals surface area contributed by atoms with Crippen molar-refractivity contribution >= 4 is 35.1 Å². The van der Waals surface area contributed by atoms with E-state index < -0.39 is 23.9 Å². The molecule has 0 spiro atoms. The van der Waals surface area contributed by atoms with Gasteiger partial charge in [-0.3, -0.25) is 9.21 Å². The number of hydrogen-bond donors (Lipinski definition) is 2. The lowest BCUT2D eigenvalue weighted by atomic mass is 9.87. The van der Waals surface area contributed by atoms with Crippen LogP contribution in [0.5, 0.6) is 0 Å². The maximum Gasteiger partial charge on any atom is 0.269 e. The van der Waals surface area contributed by atoms with E-state index in [-0.39, 0.29) is 6.42 Å². The van der Waals surface area contributed by atoms with Crippen molar-refractivity contribution in [2.24, 2.45) is 5.73 Å². The maximum atomic E-state index is 14.3. The average Bonchev–Trinajstić information content (AvgIpc) is 3.27. The number of halogens is 3. The smallest absolute Gasteiger partial charge is 0.269 e. The van der Waals surface area contributed by atoms with E-state index in [9.17, 15) is 13.6 Å². The molecule has 1 aliphatic carbocycles. The van der Waals surface area contributed by atoms with E-state index in [4.69, 9.17) is 17.5 Å². The van der Waals surface area contributed by atoms with Crippen molar-refractivity contribution in [1.82, 2.24) is 19.5 Å². The van der Waals surface area contributed by atoms with E-state index in [1.54, 1.807) is 23.1 Å². The van der Waals surface area contributed by atoms with E-state index in [1.165, 1.54) is 15.8 Å². The minimum atomic E-state index is -3.00. The fourth-order valence-corrected chi connectivity index (χ4v) is 5.06. The van der Waals surface area contributed by atoms with Gasteiger partial charge in [0, 0.05) is 46.4 Å². The molecule has 2 aromatic heterocycles. The fourth-order valence-electron chi connectivity index (χ4n) is 3.88. The summed E-state index contributed by atoms with van der Waals surface area (Å²) in [7, 11) is 0. The number of rotatable bonds is 4. The van der Waals surface area contributed by atoms with Crippen LogP contribution in [-0.2, 0) is 13.1 Å². The monoisotopic (exact) mass is 441 g/mol. The van der Waals surface area contributed by atoms with Gasteiger partial charge >= 0.3 is 0 Å². The number of nitrogens with two attached hydrogens (primary N) is 1. The molecule has 2 atom stereocenters. The van der Waals surface area contributed by atoms with Crippen LogP contribution in [-0.4, -0.2) is 38.1 Å². The highest BCUT2D eigenvalue weighted by atomic mass is 35.5. The second kappa shape index (κ2) is 7.70. The zero-order valence-corrected chi connectivity index (χ0v) is 17.4. The van der Waals surface area contributed by atoms with Crippen LogP contribution in [0.3, 0.4) is 0 Å². The number of aromatic nitrogens is 2. The number of carbonyl (C=O) groups excluding carboxylic acids is 1. The summed E-state index contributed by atoms with van der Waals surface area (Å²) in [4.78, 5) is 14.2. The molecule has 156 valence electrons. The molecule has 4 rings (SSSR count). The summed E-state index contributed by atoms with van der Waals surface area (Å²) in [5, 5.41) is 6.85. The summed E-state index contributed by atoms with van der Waals surface area (Å²) >= 11 is 7.31. The summed E-state index contributed by atoms with van der Waals surface area (Å²) in [5.41, 5.74) is 8.55. The maximum absolute atomic E-state index is 14.3. The fraction of sp³-hybridized carbons (Fsp3) is 0.474. The minimum Gasteiger partial charge on any atom is -0.341 e. The second-order valence-electron chi connectivity index (χ2n) is 7.37. The number of carbonyl (C=O) groups is 1. The predicted octanol–water partition coefficient (Wildman–Crippen LogP) is 3.82. The van der Waals surface area contributed by atoms with Gasteiger partial charge in [0.25, 0.3) is 11.8 Å². The molecule has 0 saturated heterocycles. The largest absolute Gasteiger partial charge is 0.341 e. The summed E-state index contributed by atoms with van der Waals surface area (Å²) in [6.07, 6.45) is 6.64. The molecule has 3 heterocycles. The number of fused-ring (bicyclic) bond motifs is 1. The first kappa shape index (κ1) is 20.3. The van der Waals surface area contributed by atoms with Crippen LogP contribution < -0.4 is 11.1 Å². The molecule has 0 radical (unpaired) electrons. The lowest BCUT2D eigenvalue weighted by Crippen LogP contribution is -2.59. The predicted molar refractivity (Wildman–Crippen MR) is 110 cm³/mol. The van der Waals surface area contributed by atoms with Gasteiger partial charge in [-0.25, -0.2) is 13.5 Å². The Balaban J connectivity index is 1.62. The Morgan fingerprint density at radius 1 is 1.48 bits per heavy atom. The molecule has 10 heteroatoms. The van der Waals surface area contributed by atoms with E-state index in [2.05, 4.69) is 10.4 Å². The highest BCUT2D eigenvalue weighted by Gasteiger charge is 2.46. The molecule has 2 aliphatic rings. The highest BCUT2D eigenvalue weighted by Crippen LogP contribution is 2.37. The van der Waals surface area contributed by atoms with Crippen LogP contribution in [0.15, 0.2) is 18.5 Å². The van der Waals surface area contributed by atoms with Gasteiger partial charge in [0.05, 0.1) is 16.8 Å². The number of hydrogen-bond acceptors (Lipinski definition) is 5. The molecule has 1 saturated carbocycles. The number of amides is 1. The Morgan fingerprint density at radius 3 is 3.00 bits per heavy atom. The molecule has 6 nitrogen and oxygen atoms in total. The number of nitrogens with zero attached hydrogens (tertiary/aromatic N) is 3. The van der Waals surface area contributed by atoms with Gasteiger partial charge in [-0.05, 0) is 31.4 Å². The summed E-state index contributed by atoms with van der Waals surface area (Å²) < 4.78 is 31.8. The van der Waals surface area contributed by atoms with Crippen molar-refractivity contribution < 1.29 is 13.6 Å². The Kier molecular flexibility index (Phi) is 5.39. The van der Waals surface area contributed by atoms with E-state index in [0.29, 0.717) is 30.8 Å². The Labute approximate surface area is 176 Å². The van der Waals surface area contributed by atoms with E-state index >= 15 is 0 Å². The second-order valence-corrected chi connectivity index (χ2v) is 8.94. The topological polar surface area (TPSA) is 76.2 Å². The molecule has 1 aliphatic heterocycles. The lowest BCUT2D eigenvalue weighted by molar-refractivity contribution is -0.0674. The molecule has 0 bridgehead atoms. The standard InChI is InChI=1S/C19H22ClF2N5OS/c1-2-15-11(12-9-24-27-10-26(20)7-5-14(12)27)8-16(29-15)18(28)25-17-13(23)4-3-6-19(17,21)22/h5,7-9,13,17H,2-4,6,10,23H2,1H3,(H,25,28). The van der Waals surface area contributed by atoms with Crippen molar-refractivity contribution in [2.75, 3.05) is 0 Å². The molecule has 3 N–H and O–H groups in total. The highest BCUT2D eigenvalue weighted by molar-refractivity contribution is 7.14. The normalized spacial score (nSPS) is 23.1. The molecule has 2 unspecified atom stereocenters. The average molecular weight is 442 g/mol. The molecule has 1 amide bonds. The summed E-state index contributed by atoms with van der Waals surface area (Å²) in [6.45, 7) is 2.41. The molecular weight excluding hydrogens is 420 g/mol. The van der Waals surface area contributed by atoms with Gasteiger partial charge < -0.3 is 11.1 Å². The van der Waals surface area contributed by atoms with Gasteiger partial charge in [-0.15, -0.1) is 11.3 Å². The van der Waals surface area contributed by atoms with Crippen LogP contribution in [0.1, 0.15) is 46.4 Å². The molecule has 2 aromatic rings. The summed E-state index contributed by atoms with van der Waals surface area (Å²) in [5.74, 6) is -3.51. The van der Waals surface area contributed by atoms with E-state index in [1.807, 2.05) is 13.0 Å². The van der Waals surface area contributed by atoms with E-state index in [0.717, 1.165) is 21.7 Å². The van der Waals surface area contributed by atoms with Gasteiger partial charge in [0.15, 0.2) is 0 Å². The third kappa shape index (κ3) is 3.78. The SMILES string of the molecule is CCc1sc(C(=O)NC2C(N)CCCC2(F)F)cc1-c1cnn2c1C=CN(Cl)C2. The number of alkyl halides is 2. The van der Waals surface area contributed by atoms with Crippen LogP contribution in [0.4, 0.5) is 8.78 Å². The van der Waals surface area contributed by atoms with Crippen LogP contribution >= 0.6 is 23.1 Å². The first-order valence-corrected chi connectivity index (χ1v) is 10.7. The Bertz CT molecular complexity index is 957. The molecule has 29 heavy (non-hydrogen) atoms. The van der Waals surface area contributed by atoms with Gasteiger partial charge in [-0.1, -0.05) is 6.92 Å². The Morgan fingerprint density at radius 2 is 2.28 bits per heavy atom. The molecular formula is C19H22ClF2N5OS. The van der Waals surface area contributed by atoms with Gasteiger partial charge in [-0.2, -0.15) is 5.10 Å². The first-order valence-electron chi connectivity index (χ1n) is 9.54. The van der Waals surface area contributed by atoms with Crippen LogP contribution in [0.2, 0.25) is 0 Å². The van der Waals surface area contributed by atoms with Crippen LogP contribution in [0.25, 0.3) is 17.2 Å². The van der Waals surface area contributed by atoms with Crippen LogP contribution in [0, 0.1) is 0 Å². The first-order chi connectivity index (χ1) is 13.8. The zero-order chi connectivity index (χ0) is 20.8. The van der Waals surface area contributed by atoms with Gasteiger partial charge in [0.2, 0.25) is 0 Å². The van der Waals surface area contributed by atoms with Crippen molar-refractivity contribution in [2.45, 2.75) is 57.3 Å². The molecule has 1 fully saturated rings. The Hall–Kier alpha value is -1.97. The summed E-state index contributed by atoms with van der Waals surface area (Å²) in [6, 6.07) is -0.343. The lowest BCUT2D eigenvalue weighted by Gasteiger charge is -2.36. The third-order valence-electron chi connectivity index (χ3n) is 5.40. The van der Waals surface area contributed by atoms with Crippen molar-refractivity contribution in [3.8, 4) is 11.1 Å². The quantitative estimate of drug-likeness (QED) is 0.707. The third-order valence-corrected chi connectivity index (χ3v) is 6.90. The van der Waals surface area contributed by atoms with Gasteiger partial charge in [0.1, 0.15) is 12.7 Å². The zero-order valence-electron chi connectivity index (χ0n) is 15.9. The molecule has 0 aromatic carbocycles. The van der Waals surface area contributed by atoms with Crippen molar-refractivity contribution in [1.29, 1.82) is 0 Å². The minimum absolute atomic E-state index is 0.256.